The molecule has 18 heavy (non-hydrogen) atoms. The minimum Gasteiger partial charge on any atom is -1.00 e. The molecule has 1 fully saturated rings. The molecule has 0 spiro atoms. The summed E-state index contributed by atoms with van der Waals surface area (Å²) in [6.45, 7) is 5.41. The average Bonchev–Trinajstić information content (AvgIpc) is 2.29. The van der Waals surface area contributed by atoms with Crippen LogP contribution >= 0.6 is 0 Å². The molecular formula is C13H20BN2NaO. The van der Waals surface area contributed by atoms with Crippen molar-refractivity contribution < 1.29 is 34.3 Å². The van der Waals surface area contributed by atoms with Gasteiger partial charge >= 0.3 is 29.6 Å². The third-order valence-electron chi connectivity index (χ3n) is 3.22. The number of aryl methyl sites for hydroxylation is 1. The van der Waals surface area contributed by atoms with Crippen LogP contribution in [0.25, 0.3) is 0 Å². The smallest absolute Gasteiger partial charge is 1.00 e. The van der Waals surface area contributed by atoms with Gasteiger partial charge < -0.3 is 18.5 Å². The van der Waals surface area contributed by atoms with E-state index in [-0.39, 0.29) is 38.0 Å². The van der Waals surface area contributed by atoms with E-state index in [2.05, 4.69) is 23.3 Å². The second kappa shape index (κ2) is 8.21. The predicted octanol–water partition coefficient (Wildman–Crippen LogP) is -0.918. The van der Waals surface area contributed by atoms with Crippen molar-refractivity contribution >= 4 is 8.41 Å². The summed E-state index contributed by atoms with van der Waals surface area (Å²) < 4.78 is 5.21. The predicted molar refractivity (Wildman–Crippen MR) is 70.4 cm³/mol. The Balaban J connectivity index is 0.00000144. The van der Waals surface area contributed by atoms with Gasteiger partial charge in [0.2, 0.25) is 5.88 Å². The molecule has 0 amide bonds. The zero-order valence-electron chi connectivity index (χ0n) is 11.9. The van der Waals surface area contributed by atoms with E-state index in [1.807, 2.05) is 13.0 Å². The number of methoxy groups -OCH3 is 1. The number of hydrogen-bond donors (Lipinski definition) is 1. The molecule has 1 N–H and O–H groups in total. The van der Waals surface area contributed by atoms with Crippen LogP contribution in [-0.4, -0.2) is 27.1 Å². The summed E-state index contributed by atoms with van der Waals surface area (Å²) in [6.07, 6.45) is 2.50. The SMILES string of the molecule is COc1cc(C2CCC(C)CN2)cc(C)n1.[B-].[Na+]. The standard InChI is InChI=1S/C13H20N2O.B.Na/c1-9-4-5-12(14-8-9)11-6-10(2)15-13(7-11)16-3;;/h6-7,9,12,14H,4-5,8H2,1-3H3;;/q;-1;+1. The van der Waals surface area contributed by atoms with Crippen LogP contribution in [0.15, 0.2) is 12.1 Å². The van der Waals surface area contributed by atoms with E-state index in [0.29, 0.717) is 6.04 Å². The van der Waals surface area contributed by atoms with E-state index in [1.165, 1.54) is 18.4 Å². The average molecular weight is 254 g/mol. The Morgan fingerprint density at radius 3 is 2.61 bits per heavy atom. The number of piperidine rings is 1. The molecule has 0 saturated carbocycles. The Bertz CT molecular complexity index is 368. The summed E-state index contributed by atoms with van der Waals surface area (Å²) >= 11 is 0. The van der Waals surface area contributed by atoms with Gasteiger partial charge in [-0.3, -0.25) is 0 Å². The quantitative estimate of drug-likeness (QED) is 0.693. The first-order chi connectivity index (χ1) is 7.69. The maximum Gasteiger partial charge on any atom is 1.00 e. The maximum absolute atomic E-state index is 5.21. The number of nitrogens with one attached hydrogen (secondary N) is 1. The zero-order chi connectivity index (χ0) is 11.5. The number of rotatable bonds is 2. The molecule has 92 valence electrons. The van der Waals surface area contributed by atoms with Gasteiger partial charge in [-0.2, -0.15) is 0 Å². The fourth-order valence-corrected chi connectivity index (χ4v) is 2.25. The van der Waals surface area contributed by atoms with Crippen molar-refractivity contribution in [3.8, 4) is 5.88 Å². The van der Waals surface area contributed by atoms with Crippen LogP contribution in [0.4, 0.5) is 0 Å². The van der Waals surface area contributed by atoms with Gasteiger partial charge in [0, 0.05) is 17.8 Å². The molecule has 2 unspecified atom stereocenters. The molecule has 2 atom stereocenters. The van der Waals surface area contributed by atoms with Crippen LogP contribution in [-0.2, 0) is 0 Å². The molecule has 1 aliphatic heterocycles. The van der Waals surface area contributed by atoms with E-state index >= 15 is 0 Å². The molecule has 1 aliphatic rings. The van der Waals surface area contributed by atoms with E-state index in [4.69, 9.17) is 4.74 Å². The van der Waals surface area contributed by atoms with Crippen LogP contribution in [0.1, 0.15) is 37.1 Å². The number of aromatic nitrogens is 1. The molecule has 4 radical (unpaired) electrons. The Morgan fingerprint density at radius 2 is 2.06 bits per heavy atom. The van der Waals surface area contributed by atoms with Gasteiger partial charge in [-0.05, 0) is 43.9 Å². The summed E-state index contributed by atoms with van der Waals surface area (Å²) in [5.74, 6) is 1.51. The first-order valence-electron chi connectivity index (χ1n) is 5.95. The van der Waals surface area contributed by atoms with Crippen molar-refractivity contribution in [3.05, 3.63) is 23.4 Å². The summed E-state index contributed by atoms with van der Waals surface area (Å²) in [5, 5.41) is 3.58. The molecule has 0 aromatic carbocycles. The molecule has 1 aromatic rings. The topological polar surface area (TPSA) is 34.1 Å². The summed E-state index contributed by atoms with van der Waals surface area (Å²) in [4.78, 5) is 4.31. The number of pyridine rings is 1. The molecule has 2 heterocycles. The second-order valence-corrected chi connectivity index (χ2v) is 4.73. The molecule has 0 bridgehead atoms. The third-order valence-corrected chi connectivity index (χ3v) is 3.22. The Kier molecular flexibility index (Phi) is 8.20. The first-order valence-corrected chi connectivity index (χ1v) is 5.95. The van der Waals surface area contributed by atoms with Crippen molar-refractivity contribution in [2.45, 2.75) is 32.7 Å². The van der Waals surface area contributed by atoms with Crippen molar-refractivity contribution in [1.29, 1.82) is 0 Å². The van der Waals surface area contributed by atoms with Crippen molar-refractivity contribution in [3.63, 3.8) is 0 Å². The van der Waals surface area contributed by atoms with Gasteiger partial charge in [0.05, 0.1) is 7.11 Å². The summed E-state index contributed by atoms with van der Waals surface area (Å²) in [7, 11) is 1.67. The molecule has 3 nitrogen and oxygen atoms in total. The van der Waals surface area contributed by atoms with Crippen LogP contribution in [0.2, 0.25) is 0 Å². The largest absolute Gasteiger partial charge is 1.00 e. The van der Waals surface area contributed by atoms with E-state index in [0.717, 1.165) is 24.0 Å². The van der Waals surface area contributed by atoms with Crippen LogP contribution in [0, 0.1) is 12.8 Å². The number of nitrogens with zero attached hydrogens (tertiary/aromatic N) is 1. The first kappa shape index (κ1) is 18.0. The van der Waals surface area contributed by atoms with Crippen molar-refractivity contribution in [2.24, 2.45) is 5.92 Å². The normalized spacial score (nSPS) is 22.6. The number of ether oxygens (including phenoxy) is 1. The van der Waals surface area contributed by atoms with Crippen molar-refractivity contribution in [1.82, 2.24) is 10.3 Å². The molecule has 5 heteroatoms. The van der Waals surface area contributed by atoms with E-state index < -0.39 is 0 Å². The molecule has 1 saturated heterocycles. The maximum atomic E-state index is 5.21. The van der Waals surface area contributed by atoms with Crippen LogP contribution in [0.5, 0.6) is 5.88 Å². The van der Waals surface area contributed by atoms with Gasteiger partial charge in [-0.15, -0.1) is 0 Å². The van der Waals surface area contributed by atoms with Gasteiger partial charge in [0.15, 0.2) is 0 Å². The summed E-state index contributed by atoms with van der Waals surface area (Å²) in [6, 6.07) is 4.66. The summed E-state index contributed by atoms with van der Waals surface area (Å²) in [5.41, 5.74) is 2.33. The van der Waals surface area contributed by atoms with Crippen LogP contribution < -0.4 is 39.6 Å². The fourth-order valence-electron chi connectivity index (χ4n) is 2.25. The minimum absolute atomic E-state index is 0. The minimum atomic E-state index is 0. The third kappa shape index (κ3) is 4.58. The monoisotopic (exact) mass is 254 g/mol. The van der Waals surface area contributed by atoms with E-state index in [1.54, 1.807) is 7.11 Å². The Morgan fingerprint density at radius 1 is 1.33 bits per heavy atom. The van der Waals surface area contributed by atoms with Gasteiger partial charge in [0.25, 0.3) is 0 Å². The molecule has 2 rings (SSSR count). The molecule has 1 aromatic heterocycles. The van der Waals surface area contributed by atoms with Crippen molar-refractivity contribution in [2.75, 3.05) is 13.7 Å². The van der Waals surface area contributed by atoms with Gasteiger partial charge in [0.1, 0.15) is 0 Å². The van der Waals surface area contributed by atoms with Gasteiger partial charge in [-0.25, -0.2) is 4.98 Å². The fraction of sp³-hybridized carbons (Fsp3) is 0.615. The number of hydrogen-bond acceptors (Lipinski definition) is 3. The Labute approximate surface area is 134 Å². The van der Waals surface area contributed by atoms with Crippen LogP contribution in [0.3, 0.4) is 0 Å². The van der Waals surface area contributed by atoms with E-state index in [9.17, 15) is 0 Å². The van der Waals surface area contributed by atoms with Gasteiger partial charge in [-0.1, -0.05) is 6.92 Å². The molecule has 0 aliphatic carbocycles. The zero-order valence-corrected chi connectivity index (χ0v) is 13.9. The molecular weight excluding hydrogens is 234 g/mol. The Hall–Kier alpha value is -0.0251. The second-order valence-electron chi connectivity index (χ2n) is 4.73.